The fraction of sp³-hybridized carbons (Fsp3) is 0.667. The van der Waals surface area contributed by atoms with Crippen molar-refractivity contribution in [1.82, 2.24) is 4.72 Å². The summed E-state index contributed by atoms with van der Waals surface area (Å²) in [4.78, 5) is 12.7. The lowest BCUT2D eigenvalue weighted by atomic mass is 9.97. The molecule has 1 aromatic rings. The van der Waals surface area contributed by atoms with E-state index < -0.39 is 51.7 Å². The van der Waals surface area contributed by atoms with Crippen LogP contribution in [0.1, 0.15) is 27.7 Å². The van der Waals surface area contributed by atoms with Crippen LogP contribution in [0.15, 0.2) is 29.2 Å². The molecule has 2 heterocycles. The summed E-state index contributed by atoms with van der Waals surface area (Å²) in [6, 6.07) is 4.40. The van der Waals surface area contributed by atoms with E-state index in [4.69, 9.17) is 28.4 Å². The molecule has 0 radical (unpaired) electrons. The Morgan fingerprint density at radius 1 is 1.12 bits per heavy atom. The van der Waals surface area contributed by atoms with Crippen LogP contribution in [0.2, 0.25) is 0 Å². The molecule has 180 valence electrons. The third-order valence-corrected chi connectivity index (χ3v) is 6.69. The van der Waals surface area contributed by atoms with Gasteiger partial charge in [-0.05, 0) is 52.0 Å². The molecule has 2 fully saturated rings. The van der Waals surface area contributed by atoms with Crippen LogP contribution in [0, 0.1) is 0 Å². The molecule has 1 N–H and O–H groups in total. The van der Waals surface area contributed by atoms with Gasteiger partial charge >= 0.3 is 5.97 Å². The molecule has 1 aromatic carbocycles. The van der Waals surface area contributed by atoms with Gasteiger partial charge in [-0.2, -0.15) is 4.72 Å². The second-order valence-corrected chi connectivity index (χ2v) is 10.5. The summed E-state index contributed by atoms with van der Waals surface area (Å²) in [5, 5.41) is 0. The second-order valence-electron chi connectivity index (χ2n) is 8.78. The van der Waals surface area contributed by atoms with Crippen LogP contribution in [0.5, 0.6) is 5.75 Å². The van der Waals surface area contributed by atoms with E-state index in [1.807, 2.05) is 0 Å². The highest BCUT2D eigenvalue weighted by Crippen LogP contribution is 2.34. The molecule has 0 saturated carbocycles. The van der Waals surface area contributed by atoms with E-state index in [1.165, 1.54) is 38.5 Å². The van der Waals surface area contributed by atoms with Crippen molar-refractivity contribution in [3.8, 4) is 5.75 Å². The summed E-state index contributed by atoms with van der Waals surface area (Å²) in [6.07, 6.45) is -2.36. The Morgan fingerprint density at radius 2 is 1.78 bits per heavy atom. The van der Waals surface area contributed by atoms with Gasteiger partial charge in [0, 0.05) is 0 Å². The average molecular weight is 474 g/mol. The van der Waals surface area contributed by atoms with Gasteiger partial charge in [0.1, 0.15) is 30.1 Å². The highest BCUT2D eigenvalue weighted by atomic mass is 32.2. The molecule has 10 nitrogen and oxygen atoms in total. The lowest BCUT2D eigenvalue weighted by Crippen LogP contribution is -2.63. The molecule has 0 spiro atoms. The molecule has 2 aliphatic rings. The van der Waals surface area contributed by atoms with E-state index in [9.17, 15) is 13.2 Å². The molecule has 0 aromatic heterocycles. The number of rotatable bonds is 7. The van der Waals surface area contributed by atoms with Crippen LogP contribution >= 0.6 is 0 Å². The zero-order valence-corrected chi connectivity index (χ0v) is 19.9. The molecule has 3 rings (SSSR count). The van der Waals surface area contributed by atoms with E-state index in [1.54, 1.807) is 27.7 Å². The topological polar surface area (TPSA) is 119 Å². The number of carbonyl (C=O) groups excluding carboxylic acids is 1. The minimum atomic E-state index is -4.11. The first-order valence-corrected chi connectivity index (χ1v) is 11.7. The predicted octanol–water partition coefficient (Wildman–Crippen LogP) is 1.23. The number of esters is 1. The zero-order chi connectivity index (χ0) is 23.7. The van der Waals surface area contributed by atoms with Crippen molar-refractivity contribution in [2.45, 2.75) is 68.3 Å². The first-order valence-electron chi connectivity index (χ1n) is 10.2. The number of benzene rings is 1. The van der Waals surface area contributed by atoms with Crippen molar-refractivity contribution < 1.29 is 41.6 Å². The highest BCUT2D eigenvalue weighted by Gasteiger charge is 2.51. The molecule has 2 aliphatic heterocycles. The predicted molar refractivity (Wildman–Crippen MR) is 113 cm³/mol. The Morgan fingerprint density at radius 3 is 2.31 bits per heavy atom. The Balaban J connectivity index is 1.92. The fourth-order valence-electron chi connectivity index (χ4n) is 3.68. The van der Waals surface area contributed by atoms with Crippen LogP contribution in [-0.2, 0) is 38.5 Å². The smallest absolute Gasteiger partial charge is 0.326 e. The van der Waals surface area contributed by atoms with Crippen LogP contribution in [0.3, 0.4) is 0 Å². The third-order valence-electron chi connectivity index (χ3n) is 5.23. The number of ether oxygens (including phenoxy) is 6. The lowest BCUT2D eigenvalue weighted by molar-refractivity contribution is -0.254. The Hall–Kier alpha value is -1.76. The average Bonchev–Trinajstić information content (AvgIpc) is 3.10. The van der Waals surface area contributed by atoms with Crippen LogP contribution in [0.4, 0.5) is 0 Å². The van der Waals surface area contributed by atoms with Crippen molar-refractivity contribution in [3.63, 3.8) is 0 Å². The molecule has 11 heteroatoms. The number of nitrogens with one attached hydrogen (secondary N) is 1. The molecule has 0 bridgehead atoms. The standard InChI is InChI=1S/C21H31NO9S/c1-20(2)12-28-17(15-11-29-21(3,4)30-15)18(31-20)16(19(23)27-6)22-32(24,25)14-9-7-13(26-5)8-10-14/h7-10,15-18,22H,11-12H2,1-6H3/t15-,16-,17+,18+/m1/s1. The highest BCUT2D eigenvalue weighted by molar-refractivity contribution is 7.89. The summed E-state index contributed by atoms with van der Waals surface area (Å²) >= 11 is 0. The SMILES string of the molecule is COC(=O)[C@H](NS(=O)(=O)c1ccc(OC)cc1)[C@@H]1OC(C)(C)CO[C@H]1[C@H]1COC(C)(C)O1. The summed E-state index contributed by atoms with van der Waals surface area (Å²) in [5.41, 5.74) is -0.770. The van der Waals surface area contributed by atoms with Crippen molar-refractivity contribution >= 4 is 16.0 Å². The number of hydrogen-bond acceptors (Lipinski definition) is 9. The van der Waals surface area contributed by atoms with Gasteiger partial charge in [0.15, 0.2) is 5.79 Å². The third kappa shape index (κ3) is 5.59. The Kier molecular flexibility index (Phi) is 7.18. The normalized spacial score (nSPS) is 28.1. The van der Waals surface area contributed by atoms with Crippen molar-refractivity contribution in [2.75, 3.05) is 27.4 Å². The number of sulfonamides is 1. The first-order chi connectivity index (χ1) is 14.9. The quantitative estimate of drug-likeness (QED) is 0.583. The maximum Gasteiger partial charge on any atom is 0.326 e. The summed E-state index contributed by atoms with van der Waals surface area (Å²) in [7, 11) is -1.45. The number of methoxy groups -OCH3 is 2. The maximum atomic E-state index is 13.1. The largest absolute Gasteiger partial charge is 0.497 e. The van der Waals surface area contributed by atoms with E-state index in [-0.39, 0.29) is 18.1 Å². The van der Waals surface area contributed by atoms with Crippen molar-refractivity contribution in [1.29, 1.82) is 0 Å². The van der Waals surface area contributed by atoms with Crippen LogP contribution in [-0.4, -0.2) is 77.6 Å². The molecular formula is C21H31NO9S. The van der Waals surface area contributed by atoms with E-state index in [2.05, 4.69) is 4.72 Å². The van der Waals surface area contributed by atoms with Gasteiger partial charge in [0.2, 0.25) is 10.0 Å². The molecule has 32 heavy (non-hydrogen) atoms. The van der Waals surface area contributed by atoms with Gasteiger partial charge in [-0.25, -0.2) is 8.42 Å². The molecule has 4 atom stereocenters. The number of hydrogen-bond donors (Lipinski definition) is 1. The molecule has 2 saturated heterocycles. The molecule has 0 amide bonds. The Bertz CT molecular complexity index is 914. The van der Waals surface area contributed by atoms with Crippen LogP contribution < -0.4 is 9.46 Å². The van der Waals surface area contributed by atoms with Crippen molar-refractivity contribution in [2.24, 2.45) is 0 Å². The molecule has 0 aliphatic carbocycles. The van der Waals surface area contributed by atoms with E-state index in [0.717, 1.165) is 0 Å². The second kappa shape index (κ2) is 9.24. The zero-order valence-electron chi connectivity index (χ0n) is 19.1. The van der Waals surface area contributed by atoms with Crippen LogP contribution in [0.25, 0.3) is 0 Å². The Labute approximate surface area is 188 Å². The van der Waals surface area contributed by atoms with Gasteiger partial charge in [-0.1, -0.05) is 0 Å². The summed E-state index contributed by atoms with van der Waals surface area (Å²) in [6.45, 7) is 7.54. The monoisotopic (exact) mass is 473 g/mol. The minimum absolute atomic E-state index is 0.0404. The fourth-order valence-corrected chi connectivity index (χ4v) is 4.88. The molecule has 0 unspecified atom stereocenters. The molecular weight excluding hydrogens is 442 g/mol. The lowest BCUT2D eigenvalue weighted by Gasteiger charge is -2.44. The maximum absolute atomic E-state index is 13.1. The summed E-state index contributed by atoms with van der Waals surface area (Å²) in [5.74, 6) is -1.15. The van der Waals surface area contributed by atoms with Crippen molar-refractivity contribution in [3.05, 3.63) is 24.3 Å². The first kappa shape index (κ1) is 24.9. The van der Waals surface area contributed by atoms with Gasteiger partial charge in [-0.15, -0.1) is 0 Å². The van der Waals surface area contributed by atoms with Gasteiger partial charge in [0.05, 0.1) is 37.9 Å². The number of carbonyl (C=O) groups is 1. The van der Waals surface area contributed by atoms with E-state index in [0.29, 0.717) is 5.75 Å². The van der Waals surface area contributed by atoms with Gasteiger partial charge < -0.3 is 28.4 Å². The van der Waals surface area contributed by atoms with Gasteiger partial charge in [-0.3, -0.25) is 4.79 Å². The van der Waals surface area contributed by atoms with Gasteiger partial charge in [0.25, 0.3) is 0 Å². The van der Waals surface area contributed by atoms with E-state index >= 15 is 0 Å². The summed E-state index contributed by atoms with van der Waals surface area (Å²) < 4.78 is 62.3. The minimum Gasteiger partial charge on any atom is -0.497 e.